The molecule has 4 rings (SSSR count). The summed E-state index contributed by atoms with van der Waals surface area (Å²) in [6.45, 7) is 0. The second kappa shape index (κ2) is 4.95. The molecule has 0 fully saturated rings. The van der Waals surface area contributed by atoms with E-state index in [2.05, 4.69) is 20.0 Å². The summed E-state index contributed by atoms with van der Waals surface area (Å²) in [6.07, 6.45) is 0. The molecule has 0 amide bonds. The van der Waals surface area contributed by atoms with Crippen molar-refractivity contribution in [1.82, 2.24) is 19.6 Å². The maximum atomic E-state index is 6.02. The van der Waals surface area contributed by atoms with Crippen LogP contribution in [-0.4, -0.2) is 33.7 Å². The van der Waals surface area contributed by atoms with Gasteiger partial charge in [-0.15, -0.1) is 5.10 Å². The molecule has 0 aliphatic rings. The van der Waals surface area contributed by atoms with E-state index in [4.69, 9.17) is 5.73 Å². The zero-order chi connectivity index (χ0) is 16.0. The Morgan fingerprint density at radius 3 is 2.43 bits per heavy atom. The van der Waals surface area contributed by atoms with Crippen LogP contribution in [0.1, 0.15) is 0 Å². The molecule has 0 bridgehead atoms. The summed E-state index contributed by atoms with van der Waals surface area (Å²) in [5, 5.41) is 5.45. The average molecular weight is 304 g/mol. The van der Waals surface area contributed by atoms with Crippen molar-refractivity contribution in [3.8, 4) is 11.4 Å². The minimum atomic E-state index is 0.336. The Kier molecular flexibility index (Phi) is 2.90. The van der Waals surface area contributed by atoms with Gasteiger partial charge in [-0.2, -0.15) is 4.52 Å². The van der Waals surface area contributed by atoms with Crippen molar-refractivity contribution < 1.29 is 0 Å². The van der Waals surface area contributed by atoms with E-state index >= 15 is 0 Å². The van der Waals surface area contributed by atoms with Crippen molar-refractivity contribution in [3.05, 3.63) is 48.5 Å². The molecule has 6 heteroatoms. The van der Waals surface area contributed by atoms with E-state index in [0.29, 0.717) is 11.8 Å². The fraction of sp³-hybridized carbons (Fsp3) is 0.118. The molecule has 0 spiro atoms. The molecule has 0 aliphatic heterocycles. The van der Waals surface area contributed by atoms with Crippen molar-refractivity contribution in [1.29, 1.82) is 0 Å². The van der Waals surface area contributed by atoms with E-state index in [1.165, 1.54) is 0 Å². The fourth-order valence-electron chi connectivity index (χ4n) is 2.61. The topological polar surface area (TPSA) is 72.3 Å². The first kappa shape index (κ1) is 13.5. The number of nitrogen functional groups attached to an aromatic ring is 1. The molecule has 2 aromatic heterocycles. The van der Waals surface area contributed by atoms with Gasteiger partial charge in [0.15, 0.2) is 11.5 Å². The second-order valence-corrected chi connectivity index (χ2v) is 5.60. The average Bonchev–Trinajstić information content (AvgIpc) is 3.01. The van der Waals surface area contributed by atoms with Gasteiger partial charge in [-0.3, -0.25) is 0 Å². The lowest BCUT2D eigenvalue weighted by molar-refractivity contribution is 0.955. The molecule has 2 heterocycles. The Balaban J connectivity index is 1.91. The molecule has 0 aliphatic carbocycles. The number of para-hydroxylation sites is 1. The Bertz CT molecular complexity index is 1000. The number of nitrogens with zero attached hydrogens (tertiary/aromatic N) is 5. The predicted octanol–water partition coefficient (Wildman–Crippen LogP) is 2.59. The van der Waals surface area contributed by atoms with Gasteiger partial charge in [0.05, 0.1) is 5.52 Å². The van der Waals surface area contributed by atoms with Crippen LogP contribution in [0.5, 0.6) is 0 Å². The first-order valence-electron chi connectivity index (χ1n) is 7.32. The van der Waals surface area contributed by atoms with Gasteiger partial charge in [-0.05, 0) is 36.4 Å². The van der Waals surface area contributed by atoms with Crippen LogP contribution in [0.15, 0.2) is 48.5 Å². The first-order valence-corrected chi connectivity index (χ1v) is 7.32. The van der Waals surface area contributed by atoms with Gasteiger partial charge >= 0.3 is 0 Å². The predicted molar refractivity (Wildman–Crippen MR) is 92.5 cm³/mol. The second-order valence-electron chi connectivity index (χ2n) is 5.60. The number of hydrogen-bond donors (Lipinski definition) is 1. The monoisotopic (exact) mass is 304 g/mol. The summed E-state index contributed by atoms with van der Waals surface area (Å²) >= 11 is 0. The van der Waals surface area contributed by atoms with Crippen molar-refractivity contribution >= 4 is 28.2 Å². The zero-order valence-corrected chi connectivity index (χ0v) is 12.9. The lowest BCUT2D eigenvalue weighted by Crippen LogP contribution is -2.07. The number of anilines is 2. The van der Waals surface area contributed by atoms with Gasteiger partial charge in [0.1, 0.15) is 0 Å². The van der Waals surface area contributed by atoms with E-state index in [-0.39, 0.29) is 0 Å². The summed E-state index contributed by atoms with van der Waals surface area (Å²) in [7, 11) is 4.02. The van der Waals surface area contributed by atoms with Crippen LogP contribution < -0.4 is 10.6 Å². The van der Waals surface area contributed by atoms with Crippen LogP contribution in [0.25, 0.3) is 27.9 Å². The highest BCUT2D eigenvalue weighted by Crippen LogP contribution is 2.24. The van der Waals surface area contributed by atoms with Gasteiger partial charge in [-0.25, -0.2) is 9.97 Å². The van der Waals surface area contributed by atoms with Gasteiger partial charge in [0, 0.05) is 30.7 Å². The van der Waals surface area contributed by atoms with Crippen LogP contribution in [0, 0.1) is 0 Å². The minimum Gasteiger partial charge on any atom is -0.378 e. The molecule has 2 aromatic carbocycles. The molecular weight excluding hydrogens is 288 g/mol. The Labute approximate surface area is 133 Å². The number of benzene rings is 2. The summed E-state index contributed by atoms with van der Waals surface area (Å²) in [5.41, 5.74) is 9.64. The number of aromatic nitrogens is 4. The lowest BCUT2D eigenvalue weighted by Gasteiger charge is -2.11. The largest absolute Gasteiger partial charge is 0.378 e. The molecule has 2 N–H and O–H groups in total. The highest BCUT2D eigenvalue weighted by Gasteiger charge is 2.12. The quantitative estimate of drug-likeness (QED) is 0.616. The van der Waals surface area contributed by atoms with Crippen molar-refractivity contribution in [2.75, 3.05) is 24.7 Å². The highest BCUT2D eigenvalue weighted by atomic mass is 15.3. The molecule has 4 aromatic rings. The van der Waals surface area contributed by atoms with Crippen LogP contribution in [-0.2, 0) is 0 Å². The first-order chi connectivity index (χ1) is 11.1. The van der Waals surface area contributed by atoms with Crippen molar-refractivity contribution in [2.45, 2.75) is 0 Å². The summed E-state index contributed by atoms with van der Waals surface area (Å²) in [6, 6.07) is 15.9. The van der Waals surface area contributed by atoms with Gasteiger partial charge in [0.2, 0.25) is 5.95 Å². The molecule has 0 radical (unpaired) electrons. The maximum absolute atomic E-state index is 6.02. The number of nitrogens with two attached hydrogens (primary N) is 1. The molecule has 0 saturated carbocycles. The van der Waals surface area contributed by atoms with E-state index < -0.39 is 0 Å². The third kappa shape index (κ3) is 2.15. The van der Waals surface area contributed by atoms with Gasteiger partial charge in [0.25, 0.3) is 0 Å². The molecule has 0 saturated heterocycles. The molecule has 0 unspecified atom stereocenters. The maximum Gasteiger partial charge on any atom is 0.223 e. The van der Waals surface area contributed by atoms with Gasteiger partial charge in [-0.1, -0.05) is 12.1 Å². The minimum absolute atomic E-state index is 0.336. The summed E-state index contributed by atoms with van der Waals surface area (Å²) in [5.74, 6) is 0.975. The molecule has 0 atom stereocenters. The standard InChI is InChI=1S/C17H16N6/c1-22(2)12-9-7-11(8-10-12)15-20-16-13-5-3-4-6-14(13)19-17(18)23(16)21-15/h3-10H,1-2H3,(H2,18,19). The van der Waals surface area contributed by atoms with Crippen LogP contribution in [0.2, 0.25) is 0 Å². The molecule has 23 heavy (non-hydrogen) atoms. The number of rotatable bonds is 2. The van der Waals surface area contributed by atoms with Crippen molar-refractivity contribution in [2.24, 2.45) is 0 Å². The van der Waals surface area contributed by atoms with E-state index in [1.54, 1.807) is 4.52 Å². The SMILES string of the molecule is CN(C)c1ccc(-c2nc3c4ccccc4nc(N)n3n2)cc1. The Morgan fingerprint density at radius 1 is 0.957 bits per heavy atom. The van der Waals surface area contributed by atoms with Crippen LogP contribution in [0.4, 0.5) is 11.6 Å². The normalized spacial score (nSPS) is 11.2. The highest BCUT2D eigenvalue weighted by molar-refractivity contribution is 5.92. The van der Waals surface area contributed by atoms with E-state index in [0.717, 1.165) is 27.8 Å². The summed E-state index contributed by atoms with van der Waals surface area (Å²) in [4.78, 5) is 11.1. The van der Waals surface area contributed by atoms with Crippen molar-refractivity contribution in [3.63, 3.8) is 0 Å². The molecular formula is C17H16N6. The molecule has 114 valence electrons. The third-order valence-corrected chi connectivity index (χ3v) is 3.85. The number of fused-ring (bicyclic) bond motifs is 3. The molecule has 6 nitrogen and oxygen atoms in total. The Morgan fingerprint density at radius 2 is 1.70 bits per heavy atom. The Hall–Kier alpha value is -3.15. The van der Waals surface area contributed by atoms with E-state index in [1.807, 2.05) is 62.6 Å². The smallest absolute Gasteiger partial charge is 0.223 e. The van der Waals surface area contributed by atoms with Gasteiger partial charge < -0.3 is 10.6 Å². The zero-order valence-electron chi connectivity index (χ0n) is 12.9. The number of hydrogen-bond acceptors (Lipinski definition) is 5. The van der Waals surface area contributed by atoms with Crippen LogP contribution >= 0.6 is 0 Å². The fourth-order valence-corrected chi connectivity index (χ4v) is 2.61. The summed E-state index contributed by atoms with van der Waals surface area (Å²) < 4.78 is 1.59. The third-order valence-electron chi connectivity index (χ3n) is 3.85. The van der Waals surface area contributed by atoms with Crippen LogP contribution in [0.3, 0.4) is 0 Å². The van der Waals surface area contributed by atoms with E-state index in [9.17, 15) is 0 Å². The lowest BCUT2D eigenvalue weighted by atomic mass is 10.2.